The molecule has 3 N–H and O–H groups in total. The smallest absolute Gasteiger partial charge is 0.339 e. The van der Waals surface area contributed by atoms with Crippen molar-refractivity contribution in [2.24, 2.45) is 0 Å². The molecule has 0 fully saturated rings. The second-order valence-electron chi connectivity index (χ2n) is 2.64. The summed E-state index contributed by atoms with van der Waals surface area (Å²) in [6, 6.07) is 0.176. The van der Waals surface area contributed by atoms with Crippen LogP contribution < -0.4 is 10.6 Å². The Morgan fingerprint density at radius 2 is 2.42 bits per heavy atom. The van der Waals surface area contributed by atoms with E-state index in [2.05, 4.69) is 10.6 Å². The molecule has 1 aliphatic rings. The van der Waals surface area contributed by atoms with Crippen LogP contribution in [0.5, 0.6) is 0 Å². The van der Waals surface area contributed by atoms with Crippen LogP contribution in [0.3, 0.4) is 0 Å². The van der Waals surface area contributed by atoms with Gasteiger partial charge in [-0.2, -0.15) is 0 Å². The molecular formula is C8H12N2O2. The summed E-state index contributed by atoms with van der Waals surface area (Å²) in [5.74, 6) is -0.354. The van der Waals surface area contributed by atoms with Gasteiger partial charge < -0.3 is 15.7 Å². The Kier molecular flexibility index (Phi) is 2.38. The van der Waals surface area contributed by atoms with Crippen LogP contribution in [-0.4, -0.2) is 24.2 Å². The SMILES string of the molecule is CNC1=C(C(=O)O)C=CC(C)N1. The molecule has 0 aromatic heterocycles. The van der Waals surface area contributed by atoms with E-state index < -0.39 is 5.97 Å². The van der Waals surface area contributed by atoms with Crippen LogP contribution in [0.2, 0.25) is 0 Å². The number of nitrogens with one attached hydrogen (secondary N) is 2. The quantitative estimate of drug-likeness (QED) is 0.545. The molecule has 0 radical (unpaired) electrons. The summed E-state index contributed by atoms with van der Waals surface area (Å²) in [5, 5.41) is 14.5. The Bertz CT molecular complexity index is 256. The fraction of sp³-hybridized carbons (Fsp3) is 0.375. The minimum Gasteiger partial charge on any atom is -0.478 e. The van der Waals surface area contributed by atoms with Crippen LogP contribution in [0.1, 0.15) is 6.92 Å². The molecule has 0 saturated carbocycles. The van der Waals surface area contributed by atoms with Gasteiger partial charge in [0.05, 0.1) is 5.57 Å². The zero-order valence-electron chi connectivity index (χ0n) is 7.09. The third kappa shape index (κ3) is 1.58. The van der Waals surface area contributed by atoms with Crippen molar-refractivity contribution in [1.82, 2.24) is 10.6 Å². The number of dihydropyridines is 1. The van der Waals surface area contributed by atoms with Crippen LogP contribution >= 0.6 is 0 Å². The Hall–Kier alpha value is -1.45. The van der Waals surface area contributed by atoms with Crippen molar-refractivity contribution in [3.63, 3.8) is 0 Å². The zero-order chi connectivity index (χ0) is 9.14. The first-order valence-corrected chi connectivity index (χ1v) is 3.75. The molecule has 66 valence electrons. The summed E-state index contributed by atoms with van der Waals surface area (Å²) in [4.78, 5) is 10.6. The van der Waals surface area contributed by atoms with Gasteiger partial charge in [-0.3, -0.25) is 0 Å². The summed E-state index contributed by atoms with van der Waals surface area (Å²) in [6.45, 7) is 1.95. The second kappa shape index (κ2) is 3.30. The molecule has 0 saturated heterocycles. The lowest BCUT2D eigenvalue weighted by Crippen LogP contribution is -2.35. The third-order valence-corrected chi connectivity index (χ3v) is 1.67. The molecule has 1 heterocycles. The predicted octanol–water partition coefficient (Wildman–Crippen LogP) is 0.0499. The van der Waals surface area contributed by atoms with Gasteiger partial charge in [0.1, 0.15) is 5.82 Å². The monoisotopic (exact) mass is 168 g/mol. The van der Waals surface area contributed by atoms with Crippen molar-refractivity contribution < 1.29 is 9.90 Å². The summed E-state index contributed by atoms with van der Waals surface area (Å²) in [6.07, 6.45) is 3.42. The van der Waals surface area contributed by atoms with Crippen molar-refractivity contribution in [2.75, 3.05) is 7.05 Å². The van der Waals surface area contributed by atoms with Crippen molar-refractivity contribution in [3.05, 3.63) is 23.5 Å². The van der Waals surface area contributed by atoms with Gasteiger partial charge in [0.25, 0.3) is 0 Å². The molecule has 4 heteroatoms. The van der Waals surface area contributed by atoms with Gasteiger partial charge in [0.15, 0.2) is 0 Å². The molecule has 1 unspecified atom stereocenters. The van der Waals surface area contributed by atoms with Crippen LogP contribution in [0.4, 0.5) is 0 Å². The lowest BCUT2D eigenvalue weighted by Gasteiger charge is -2.20. The number of hydrogen-bond donors (Lipinski definition) is 3. The topological polar surface area (TPSA) is 61.4 Å². The highest BCUT2D eigenvalue weighted by molar-refractivity contribution is 5.90. The number of carbonyl (C=O) groups is 1. The zero-order valence-corrected chi connectivity index (χ0v) is 7.09. The third-order valence-electron chi connectivity index (χ3n) is 1.67. The van der Waals surface area contributed by atoms with E-state index in [9.17, 15) is 4.79 Å². The van der Waals surface area contributed by atoms with E-state index in [-0.39, 0.29) is 11.6 Å². The predicted molar refractivity (Wildman–Crippen MR) is 45.5 cm³/mol. The molecule has 0 bridgehead atoms. The van der Waals surface area contributed by atoms with E-state index in [1.54, 1.807) is 13.1 Å². The molecule has 0 spiro atoms. The highest BCUT2D eigenvalue weighted by Gasteiger charge is 2.15. The Morgan fingerprint density at radius 3 is 2.92 bits per heavy atom. The molecule has 1 rings (SSSR count). The molecule has 1 aliphatic heterocycles. The number of rotatable bonds is 2. The maximum Gasteiger partial charge on any atom is 0.339 e. The normalized spacial score (nSPS) is 22.0. The summed E-state index contributed by atoms with van der Waals surface area (Å²) in [5.41, 5.74) is 0.274. The Balaban J connectivity index is 2.93. The number of aliphatic carboxylic acids is 1. The van der Waals surface area contributed by atoms with Crippen LogP contribution in [-0.2, 0) is 4.79 Å². The minimum absolute atomic E-state index is 0.176. The minimum atomic E-state index is -0.921. The van der Waals surface area contributed by atoms with Crippen molar-refractivity contribution >= 4 is 5.97 Å². The van der Waals surface area contributed by atoms with Crippen molar-refractivity contribution in [2.45, 2.75) is 13.0 Å². The van der Waals surface area contributed by atoms with Gasteiger partial charge in [-0.1, -0.05) is 6.08 Å². The standard InChI is InChI=1S/C8H12N2O2/c1-5-3-4-6(8(11)12)7(9-2)10-5/h3-5,9-10H,1-2H3,(H,11,12). The highest BCUT2D eigenvalue weighted by Crippen LogP contribution is 2.08. The number of carboxylic acid groups (broad SMARTS) is 1. The fourth-order valence-electron chi connectivity index (χ4n) is 1.06. The first kappa shape index (κ1) is 8.64. The van der Waals surface area contributed by atoms with Crippen LogP contribution in [0.25, 0.3) is 0 Å². The maximum absolute atomic E-state index is 10.6. The van der Waals surface area contributed by atoms with Gasteiger partial charge in [0, 0.05) is 13.1 Å². The first-order valence-electron chi connectivity index (χ1n) is 3.75. The molecule has 0 aliphatic carbocycles. The van der Waals surface area contributed by atoms with Gasteiger partial charge >= 0.3 is 5.97 Å². The van der Waals surface area contributed by atoms with E-state index in [1.807, 2.05) is 13.0 Å². The molecule has 0 aromatic rings. The summed E-state index contributed by atoms with van der Waals surface area (Å²) in [7, 11) is 1.69. The van der Waals surface area contributed by atoms with Gasteiger partial charge in [0.2, 0.25) is 0 Å². The molecule has 12 heavy (non-hydrogen) atoms. The molecule has 1 atom stereocenters. The van der Waals surface area contributed by atoms with Gasteiger partial charge in [-0.25, -0.2) is 4.79 Å². The number of hydrogen-bond acceptors (Lipinski definition) is 3. The van der Waals surface area contributed by atoms with E-state index in [0.29, 0.717) is 5.82 Å². The van der Waals surface area contributed by atoms with E-state index in [1.165, 1.54) is 0 Å². The lowest BCUT2D eigenvalue weighted by molar-refractivity contribution is -0.132. The van der Waals surface area contributed by atoms with Crippen molar-refractivity contribution in [1.29, 1.82) is 0 Å². The average Bonchev–Trinajstić information content (AvgIpc) is 2.03. The van der Waals surface area contributed by atoms with Gasteiger partial charge in [-0.05, 0) is 13.0 Å². The fourth-order valence-corrected chi connectivity index (χ4v) is 1.06. The van der Waals surface area contributed by atoms with Crippen LogP contribution in [0.15, 0.2) is 23.5 Å². The molecule has 4 nitrogen and oxygen atoms in total. The van der Waals surface area contributed by atoms with E-state index in [0.717, 1.165) is 0 Å². The Labute approximate surface area is 71.0 Å². The lowest BCUT2D eigenvalue weighted by atomic mass is 10.1. The average molecular weight is 168 g/mol. The molecular weight excluding hydrogens is 156 g/mol. The van der Waals surface area contributed by atoms with Gasteiger partial charge in [-0.15, -0.1) is 0 Å². The highest BCUT2D eigenvalue weighted by atomic mass is 16.4. The second-order valence-corrected chi connectivity index (χ2v) is 2.64. The molecule has 0 amide bonds. The van der Waals surface area contributed by atoms with E-state index in [4.69, 9.17) is 5.11 Å². The summed E-state index contributed by atoms with van der Waals surface area (Å²) < 4.78 is 0. The Morgan fingerprint density at radius 1 is 1.75 bits per heavy atom. The number of carboxylic acids is 1. The summed E-state index contributed by atoms with van der Waals surface area (Å²) >= 11 is 0. The van der Waals surface area contributed by atoms with Crippen molar-refractivity contribution in [3.8, 4) is 0 Å². The van der Waals surface area contributed by atoms with Crippen LogP contribution in [0, 0.1) is 0 Å². The molecule has 0 aromatic carbocycles. The van der Waals surface area contributed by atoms with E-state index >= 15 is 0 Å². The largest absolute Gasteiger partial charge is 0.478 e. The maximum atomic E-state index is 10.6. The first-order chi connectivity index (χ1) is 5.65.